The quantitative estimate of drug-likeness (QED) is 0.790. The van der Waals surface area contributed by atoms with Crippen LogP contribution in [0.2, 0.25) is 0 Å². The number of aryl methyl sites for hydroxylation is 1. The van der Waals surface area contributed by atoms with Crippen LogP contribution < -0.4 is 11.1 Å². The molecule has 1 amide bonds. The lowest BCUT2D eigenvalue weighted by molar-refractivity contribution is 0.0935. The van der Waals surface area contributed by atoms with E-state index >= 15 is 0 Å². The van der Waals surface area contributed by atoms with Gasteiger partial charge in [0.15, 0.2) is 5.69 Å². The van der Waals surface area contributed by atoms with E-state index in [1.807, 2.05) is 0 Å². The van der Waals surface area contributed by atoms with E-state index in [1.165, 1.54) is 12.1 Å². The molecule has 1 unspecified atom stereocenters. The number of nitrogens with one attached hydrogen (secondary N) is 2. The van der Waals surface area contributed by atoms with Gasteiger partial charge >= 0.3 is 0 Å². The van der Waals surface area contributed by atoms with Gasteiger partial charge in [0.25, 0.3) is 5.91 Å². The van der Waals surface area contributed by atoms with Crippen molar-refractivity contribution in [2.75, 3.05) is 5.73 Å². The van der Waals surface area contributed by atoms with E-state index in [0.717, 1.165) is 5.56 Å². The number of nitrogens with two attached hydrogens (primary N) is 1. The molecule has 0 saturated heterocycles. The van der Waals surface area contributed by atoms with E-state index in [-0.39, 0.29) is 23.5 Å². The van der Waals surface area contributed by atoms with Crippen LogP contribution in [0.5, 0.6) is 0 Å². The van der Waals surface area contributed by atoms with Crippen LogP contribution in [0.15, 0.2) is 24.3 Å². The van der Waals surface area contributed by atoms with Gasteiger partial charge in [0.2, 0.25) is 0 Å². The summed E-state index contributed by atoms with van der Waals surface area (Å²) in [6, 6.07) is 5.69. The number of aromatic nitrogens is 2. The van der Waals surface area contributed by atoms with Crippen LogP contribution in [0.25, 0.3) is 0 Å². The topological polar surface area (TPSA) is 83.8 Å². The second-order valence-corrected chi connectivity index (χ2v) is 4.36. The average Bonchev–Trinajstić information content (AvgIpc) is 2.70. The van der Waals surface area contributed by atoms with E-state index in [2.05, 4.69) is 15.5 Å². The highest BCUT2D eigenvalue weighted by Gasteiger charge is 2.17. The molecule has 0 aliphatic carbocycles. The third-order valence-corrected chi connectivity index (χ3v) is 2.93. The van der Waals surface area contributed by atoms with Crippen molar-refractivity contribution < 1.29 is 9.18 Å². The van der Waals surface area contributed by atoms with Gasteiger partial charge in [0.1, 0.15) is 5.82 Å². The number of nitrogens with zero attached hydrogens (tertiary/aromatic N) is 1. The highest BCUT2D eigenvalue weighted by molar-refractivity contribution is 5.97. The standard InChI is InChI=1S/C13H15FN4O/c1-7(9-3-5-10(14)6-4-9)16-13(19)12-11(15)8(2)17-18-12/h3-7H,15H2,1-2H3,(H,16,19)(H,17,18). The zero-order valence-corrected chi connectivity index (χ0v) is 10.7. The lowest BCUT2D eigenvalue weighted by Gasteiger charge is -2.13. The minimum atomic E-state index is -0.362. The van der Waals surface area contributed by atoms with E-state index in [4.69, 9.17) is 5.73 Å². The Morgan fingerprint density at radius 1 is 1.42 bits per heavy atom. The normalized spacial score (nSPS) is 12.2. The van der Waals surface area contributed by atoms with E-state index in [9.17, 15) is 9.18 Å². The fourth-order valence-electron chi connectivity index (χ4n) is 1.71. The van der Waals surface area contributed by atoms with Crippen molar-refractivity contribution >= 4 is 11.6 Å². The Bertz CT molecular complexity index is 591. The number of nitrogen functional groups attached to an aromatic ring is 1. The first-order valence-electron chi connectivity index (χ1n) is 5.86. The molecule has 1 aromatic carbocycles. The zero-order valence-electron chi connectivity index (χ0n) is 10.7. The summed E-state index contributed by atoms with van der Waals surface area (Å²) < 4.78 is 12.8. The molecule has 0 spiro atoms. The number of carbonyl (C=O) groups is 1. The summed E-state index contributed by atoms with van der Waals surface area (Å²) in [5.74, 6) is -0.673. The summed E-state index contributed by atoms with van der Waals surface area (Å²) >= 11 is 0. The van der Waals surface area contributed by atoms with Gasteiger partial charge in [-0.2, -0.15) is 5.10 Å². The van der Waals surface area contributed by atoms with Gasteiger partial charge in [0.05, 0.1) is 17.4 Å². The molecule has 0 bridgehead atoms. The van der Waals surface area contributed by atoms with Crippen LogP contribution in [0.1, 0.15) is 34.7 Å². The lowest BCUT2D eigenvalue weighted by atomic mass is 10.1. The molecule has 4 N–H and O–H groups in total. The number of hydrogen-bond acceptors (Lipinski definition) is 3. The molecule has 6 heteroatoms. The molecule has 0 aliphatic rings. The third-order valence-electron chi connectivity index (χ3n) is 2.93. The summed E-state index contributed by atoms with van der Waals surface area (Å²) in [5.41, 5.74) is 7.70. The van der Waals surface area contributed by atoms with Gasteiger partial charge in [-0.15, -0.1) is 0 Å². The Labute approximate surface area is 110 Å². The number of rotatable bonds is 3. The zero-order chi connectivity index (χ0) is 14.0. The Balaban J connectivity index is 2.10. The van der Waals surface area contributed by atoms with E-state index < -0.39 is 0 Å². The minimum Gasteiger partial charge on any atom is -0.395 e. The highest BCUT2D eigenvalue weighted by Crippen LogP contribution is 2.16. The molecule has 2 rings (SSSR count). The number of anilines is 1. The lowest BCUT2D eigenvalue weighted by Crippen LogP contribution is -2.27. The number of carbonyl (C=O) groups excluding carboxylic acids is 1. The molecular formula is C13H15FN4O. The molecular weight excluding hydrogens is 247 g/mol. The molecule has 1 heterocycles. The maximum Gasteiger partial charge on any atom is 0.274 e. The molecule has 100 valence electrons. The van der Waals surface area contributed by atoms with E-state index in [1.54, 1.807) is 26.0 Å². The van der Waals surface area contributed by atoms with Crippen molar-refractivity contribution in [1.82, 2.24) is 15.5 Å². The first-order valence-corrected chi connectivity index (χ1v) is 5.86. The van der Waals surface area contributed by atoms with Crippen molar-refractivity contribution in [3.63, 3.8) is 0 Å². The summed E-state index contributed by atoms with van der Waals surface area (Å²) in [7, 11) is 0. The largest absolute Gasteiger partial charge is 0.395 e. The third kappa shape index (κ3) is 2.73. The molecule has 0 saturated carbocycles. The number of benzene rings is 1. The van der Waals surface area contributed by atoms with Crippen LogP contribution >= 0.6 is 0 Å². The Kier molecular flexibility index (Phi) is 3.50. The van der Waals surface area contributed by atoms with Crippen LogP contribution in [0.4, 0.5) is 10.1 Å². The number of halogens is 1. The van der Waals surface area contributed by atoms with Gasteiger partial charge in [-0.05, 0) is 31.5 Å². The summed E-state index contributed by atoms with van der Waals surface area (Å²) in [5, 5.41) is 9.27. The maximum absolute atomic E-state index is 12.8. The number of amides is 1. The minimum absolute atomic E-state index is 0.173. The average molecular weight is 262 g/mol. The van der Waals surface area contributed by atoms with Gasteiger partial charge < -0.3 is 11.1 Å². The van der Waals surface area contributed by atoms with Gasteiger partial charge in [-0.3, -0.25) is 9.89 Å². The Morgan fingerprint density at radius 2 is 2.05 bits per heavy atom. The molecule has 0 radical (unpaired) electrons. The van der Waals surface area contributed by atoms with Crippen LogP contribution in [-0.2, 0) is 0 Å². The van der Waals surface area contributed by atoms with Crippen LogP contribution in [0, 0.1) is 12.7 Å². The second-order valence-electron chi connectivity index (χ2n) is 4.36. The van der Waals surface area contributed by atoms with Crippen molar-refractivity contribution in [1.29, 1.82) is 0 Å². The number of hydrogen-bond donors (Lipinski definition) is 3. The molecule has 0 aliphatic heterocycles. The van der Waals surface area contributed by atoms with Gasteiger partial charge in [-0.1, -0.05) is 12.1 Å². The first kappa shape index (κ1) is 13.1. The van der Waals surface area contributed by atoms with Gasteiger partial charge in [-0.25, -0.2) is 4.39 Å². The molecule has 2 aromatic rings. The SMILES string of the molecule is Cc1[nH]nc(C(=O)NC(C)c2ccc(F)cc2)c1N. The van der Waals surface area contributed by atoms with Crippen molar-refractivity contribution in [2.24, 2.45) is 0 Å². The summed E-state index contributed by atoms with van der Waals surface area (Å²) in [6.45, 7) is 3.54. The fraction of sp³-hybridized carbons (Fsp3) is 0.231. The highest BCUT2D eigenvalue weighted by atomic mass is 19.1. The van der Waals surface area contributed by atoms with Gasteiger partial charge in [0, 0.05) is 0 Å². The predicted octanol–water partition coefficient (Wildman–Crippen LogP) is 1.93. The first-order chi connectivity index (χ1) is 8.99. The Morgan fingerprint density at radius 3 is 2.58 bits per heavy atom. The molecule has 5 nitrogen and oxygen atoms in total. The number of H-pyrrole nitrogens is 1. The van der Waals surface area contributed by atoms with Crippen molar-refractivity contribution in [3.05, 3.63) is 47.0 Å². The summed E-state index contributed by atoms with van der Waals surface area (Å²) in [6.07, 6.45) is 0. The fourth-order valence-corrected chi connectivity index (χ4v) is 1.71. The van der Waals surface area contributed by atoms with Crippen LogP contribution in [0.3, 0.4) is 0 Å². The number of aromatic amines is 1. The molecule has 19 heavy (non-hydrogen) atoms. The molecule has 1 atom stereocenters. The summed E-state index contributed by atoms with van der Waals surface area (Å²) in [4.78, 5) is 12.0. The molecule has 1 aromatic heterocycles. The van der Waals surface area contributed by atoms with Crippen molar-refractivity contribution in [2.45, 2.75) is 19.9 Å². The van der Waals surface area contributed by atoms with E-state index in [0.29, 0.717) is 11.4 Å². The smallest absolute Gasteiger partial charge is 0.274 e. The maximum atomic E-state index is 12.8. The predicted molar refractivity (Wildman–Crippen MR) is 70.0 cm³/mol. The molecule has 0 fully saturated rings. The second kappa shape index (κ2) is 5.09. The van der Waals surface area contributed by atoms with Crippen LogP contribution in [-0.4, -0.2) is 16.1 Å². The monoisotopic (exact) mass is 262 g/mol. The Hall–Kier alpha value is -2.37. The van der Waals surface area contributed by atoms with Crippen molar-refractivity contribution in [3.8, 4) is 0 Å².